The summed E-state index contributed by atoms with van der Waals surface area (Å²) in [6.07, 6.45) is 0. The van der Waals surface area contributed by atoms with Crippen molar-refractivity contribution in [2.75, 3.05) is 7.11 Å². The lowest BCUT2D eigenvalue weighted by atomic mass is 10.0. The molecule has 0 radical (unpaired) electrons. The van der Waals surface area contributed by atoms with E-state index >= 15 is 0 Å². The summed E-state index contributed by atoms with van der Waals surface area (Å²) < 4.78 is 5.09. The fourth-order valence-electron chi connectivity index (χ4n) is 1.85. The zero-order valence-electron chi connectivity index (χ0n) is 10.9. The van der Waals surface area contributed by atoms with Crippen LogP contribution in [0.2, 0.25) is 0 Å². The molecule has 2 rings (SSSR count). The van der Waals surface area contributed by atoms with Crippen molar-refractivity contribution in [1.29, 1.82) is 0 Å². The zero-order valence-corrected chi connectivity index (χ0v) is 14.1. The minimum atomic E-state index is -0.321. The molecule has 0 aliphatic rings. The van der Waals surface area contributed by atoms with Gasteiger partial charge in [0.15, 0.2) is 5.78 Å². The second-order valence-electron chi connectivity index (χ2n) is 4.31. The number of hydrogen-bond donors (Lipinski definition) is 0. The van der Waals surface area contributed by atoms with Gasteiger partial charge in [0.05, 0.1) is 16.8 Å². The van der Waals surface area contributed by atoms with Crippen molar-refractivity contribution >= 4 is 37.6 Å². The largest absolute Gasteiger partial charge is 0.497 e. The number of carbonyl (C=O) groups is 1. The van der Waals surface area contributed by atoms with Gasteiger partial charge in [0, 0.05) is 5.56 Å². The number of Topliss-reactive ketones (excluding diaryl/α,β-unsaturated/α-hetero) is 1. The lowest BCUT2D eigenvalue weighted by Gasteiger charge is -2.16. The molecular formula is C16H14Br2O2. The van der Waals surface area contributed by atoms with Crippen molar-refractivity contribution in [2.45, 2.75) is 9.65 Å². The molecule has 0 bridgehead atoms. The summed E-state index contributed by atoms with van der Waals surface area (Å²) in [6, 6.07) is 17.0. The third-order valence-corrected chi connectivity index (χ3v) is 5.71. The molecule has 2 aromatic carbocycles. The van der Waals surface area contributed by atoms with Crippen LogP contribution >= 0.6 is 31.9 Å². The van der Waals surface area contributed by atoms with Gasteiger partial charge in [0.2, 0.25) is 0 Å². The quantitative estimate of drug-likeness (QED) is 0.536. The van der Waals surface area contributed by atoms with Crippen LogP contribution < -0.4 is 4.74 Å². The maximum Gasteiger partial charge on any atom is 0.177 e. The first-order valence-electron chi connectivity index (χ1n) is 6.15. The summed E-state index contributed by atoms with van der Waals surface area (Å²) in [7, 11) is 1.61. The van der Waals surface area contributed by atoms with Crippen LogP contribution in [-0.2, 0) is 0 Å². The van der Waals surface area contributed by atoms with Crippen LogP contribution in [0.4, 0.5) is 0 Å². The van der Waals surface area contributed by atoms with E-state index in [1.807, 2.05) is 30.3 Å². The fourth-order valence-corrected chi connectivity index (χ4v) is 2.97. The number of rotatable bonds is 5. The molecule has 2 atom stereocenters. The highest BCUT2D eigenvalue weighted by Gasteiger charge is 2.25. The van der Waals surface area contributed by atoms with Crippen LogP contribution in [0, 0.1) is 0 Å². The highest BCUT2D eigenvalue weighted by atomic mass is 79.9. The minimum Gasteiger partial charge on any atom is -0.497 e. The third-order valence-electron chi connectivity index (χ3n) is 3.00. The van der Waals surface area contributed by atoms with E-state index in [0.717, 1.165) is 11.3 Å². The number of methoxy groups -OCH3 is 1. The number of ketones is 1. The molecule has 0 saturated carbocycles. The number of halogens is 2. The standard InChI is InChI=1S/C16H14Br2O2/c1-20-13-9-7-12(8-10-13)16(19)15(18)14(17)11-5-3-2-4-6-11/h2-10,14-15H,1H3/t14-,15+/m0/s1. The van der Waals surface area contributed by atoms with E-state index in [2.05, 4.69) is 31.9 Å². The maximum atomic E-state index is 12.4. The van der Waals surface area contributed by atoms with Gasteiger partial charge in [0.25, 0.3) is 0 Å². The first-order chi connectivity index (χ1) is 9.63. The van der Waals surface area contributed by atoms with Gasteiger partial charge in [-0.25, -0.2) is 0 Å². The van der Waals surface area contributed by atoms with E-state index in [4.69, 9.17) is 4.74 Å². The molecule has 2 nitrogen and oxygen atoms in total. The molecule has 0 fully saturated rings. The molecular weight excluding hydrogens is 384 g/mol. The number of ether oxygens (including phenoxy) is 1. The molecule has 20 heavy (non-hydrogen) atoms. The number of hydrogen-bond acceptors (Lipinski definition) is 2. The Hall–Kier alpha value is -1.13. The van der Waals surface area contributed by atoms with Gasteiger partial charge < -0.3 is 4.74 Å². The Balaban J connectivity index is 2.15. The molecule has 0 aliphatic heterocycles. The van der Waals surface area contributed by atoms with Crippen LogP contribution in [0.3, 0.4) is 0 Å². The summed E-state index contributed by atoms with van der Waals surface area (Å²) in [5, 5.41) is 0. The Morgan fingerprint density at radius 3 is 2.15 bits per heavy atom. The molecule has 0 saturated heterocycles. The molecule has 2 aromatic rings. The number of benzene rings is 2. The van der Waals surface area contributed by atoms with Crippen LogP contribution in [0.1, 0.15) is 20.7 Å². The van der Waals surface area contributed by atoms with Crippen molar-refractivity contribution < 1.29 is 9.53 Å². The second-order valence-corrected chi connectivity index (χ2v) is 6.28. The Morgan fingerprint density at radius 2 is 1.60 bits per heavy atom. The summed E-state index contributed by atoms with van der Waals surface area (Å²) in [4.78, 5) is 12.0. The normalized spacial score (nSPS) is 13.6. The Labute approximate surface area is 135 Å². The first kappa shape index (κ1) is 15.3. The first-order valence-corrected chi connectivity index (χ1v) is 7.98. The Morgan fingerprint density at radius 1 is 1.00 bits per heavy atom. The monoisotopic (exact) mass is 396 g/mol. The predicted octanol–water partition coefficient (Wildman–Crippen LogP) is 4.78. The summed E-state index contributed by atoms with van der Waals surface area (Å²) >= 11 is 7.08. The SMILES string of the molecule is COc1ccc(C(=O)[C@H](Br)[C@@H](Br)c2ccccc2)cc1. The van der Waals surface area contributed by atoms with E-state index < -0.39 is 0 Å². The van der Waals surface area contributed by atoms with Crippen LogP contribution in [0.15, 0.2) is 54.6 Å². The van der Waals surface area contributed by atoms with Gasteiger partial charge in [0.1, 0.15) is 5.75 Å². The summed E-state index contributed by atoms with van der Waals surface area (Å²) in [5.74, 6) is 0.782. The summed E-state index contributed by atoms with van der Waals surface area (Å²) in [5.41, 5.74) is 1.73. The van der Waals surface area contributed by atoms with Crippen LogP contribution in [0.5, 0.6) is 5.75 Å². The molecule has 104 valence electrons. The highest BCUT2D eigenvalue weighted by Crippen LogP contribution is 2.33. The number of alkyl halides is 2. The van der Waals surface area contributed by atoms with Crippen molar-refractivity contribution in [1.82, 2.24) is 0 Å². The fraction of sp³-hybridized carbons (Fsp3) is 0.188. The number of carbonyl (C=O) groups excluding carboxylic acids is 1. The van der Waals surface area contributed by atoms with Crippen LogP contribution in [0.25, 0.3) is 0 Å². The van der Waals surface area contributed by atoms with E-state index in [-0.39, 0.29) is 15.4 Å². The molecule has 0 unspecified atom stereocenters. The molecule has 0 aromatic heterocycles. The highest BCUT2D eigenvalue weighted by molar-refractivity contribution is 9.12. The van der Waals surface area contributed by atoms with Gasteiger partial charge in [-0.05, 0) is 29.8 Å². The topological polar surface area (TPSA) is 26.3 Å². The van der Waals surface area contributed by atoms with Crippen molar-refractivity contribution in [3.63, 3.8) is 0 Å². The second kappa shape index (κ2) is 7.04. The Kier molecular flexibility index (Phi) is 5.38. The smallest absolute Gasteiger partial charge is 0.177 e. The molecule has 0 N–H and O–H groups in total. The molecule has 4 heteroatoms. The van der Waals surface area contributed by atoms with Crippen molar-refractivity contribution in [2.24, 2.45) is 0 Å². The van der Waals surface area contributed by atoms with Gasteiger partial charge in [-0.15, -0.1) is 0 Å². The zero-order chi connectivity index (χ0) is 14.5. The van der Waals surface area contributed by atoms with Gasteiger partial charge in [-0.3, -0.25) is 4.79 Å². The third kappa shape index (κ3) is 3.49. The van der Waals surface area contributed by atoms with Crippen LogP contribution in [-0.4, -0.2) is 17.7 Å². The van der Waals surface area contributed by atoms with Crippen molar-refractivity contribution in [3.05, 3.63) is 65.7 Å². The molecule has 0 spiro atoms. The lowest BCUT2D eigenvalue weighted by Crippen LogP contribution is -2.19. The lowest BCUT2D eigenvalue weighted by molar-refractivity contribution is 0.0991. The molecule has 0 heterocycles. The predicted molar refractivity (Wildman–Crippen MR) is 88.1 cm³/mol. The van der Waals surface area contributed by atoms with Gasteiger partial charge >= 0.3 is 0 Å². The van der Waals surface area contributed by atoms with E-state index in [9.17, 15) is 4.79 Å². The summed E-state index contributed by atoms with van der Waals surface area (Å²) in [6.45, 7) is 0. The van der Waals surface area contributed by atoms with Gasteiger partial charge in [-0.1, -0.05) is 62.2 Å². The maximum absolute atomic E-state index is 12.4. The molecule has 0 amide bonds. The van der Waals surface area contributed by atoms with Gasteiger partial charge in [-0.2, -0.15) is 0 Å². The minimum absolute atomic E-state index is 0.0402. The van der Waals surface area contributed by atoms with E-state index in [1.165, 1.54) is 0 Å². The van der Waals surface area contributed by atoms with Crippen molar-refractivity contribution in [3.8, 4) is 5.75 Å². The van der Waals surface area contributed by atoms with E-state index in [0.29, 0.717) is 5.56 Å². The average molecular weight is 398 g/mol. The average Bonchev–Trinajstić information content (AvgIpc) is 2.53. The van der Waals surface area contributed by atoms with E-state index in [1.54, 1.807) is 31.4 Å². The Bertz CT molecular complexity index is 567. The molecule has 0 aliphatic carbocycles.